The van der Waals surface area contributed by atoms with Crippen LogP contribution < -0.4 is 0 Å². The van der Waals surface area contributed by atoms with Crippen LogP contribution in [0.1, 0.15) is 206 Å². The average Bonchev–Trinajstić information content (AvgIpc) is 3.02. The molecule has 0 bridgehead atoms. The van der Waals surface area contributed by atoms with Crippen LogP contribution in [0.4, 0.5) is 0 Å². The predicted molar refractivity (Wildman–Crippen MR) is 187 cm³/mol. The van der Waals surface area contributed by atoms with E-state index in [0.29, 0.717) is 12.8 Å². The largest absolute Gasteiger partial charge is 0.480 e. The van der Waals surface area contributed by atoms with Crippen molar-refractivity contribution < 1.29 is 24.9 Å². The molecule has 0 saturated carbocycles. The highest BCUT2D eigenvalue weighted by Gasteiger charge is 2.45. The van der Waals surface area contributed by atoms with Gasteiger partial charge in [0.05, 0.1) is 12.7 Å². The first-order valence-electron chi connectivity index (χ1n) is 19.1. The molecular formula is C39H74O5. The minimum atomic E-state index is -1.58. The number of carbonyl (C=O) groups is 2. The van der Waals surface area contributed by atoms with E-state index in [1.807, 2.05) is 0 Å². The molecular weight excluding hydrogens is 548 g/mol. The van der Waals surface area contributed by atoms with Crippen LogP contribution in [0.2, 0.25) is 0 Å². The molecule has 0 aliphatic rings. The third-order valence-electron chi connectivity index (χ3n) is 9.36. The summed E-state index contributed by atoms with van der Waals surface area (Å²) in [5, 5.41) is 29.7. The van der Waals surface area contributed by atoms with Crippen molar-refractivity contribution in [1.82, 2.24) is 0 Å². The van der Waals surface area contributed by atoms with Crippen LogP contribution in [0, 0.1) is 5.41 Å². The predicted octanol–water partition coefficient (Wildman–Crippen LogP) is 11.3. The van der Waals surface area contributed by atoms with Crippen LogP contribution in [0.25, 0.3) is 0 Å². The number of carboxylic acids is 1. The molecule has 0 aliphatic heterocycles. The van der Waals surface area contributed by atoms with Gasteiger partial charge in [0, 0.05) is 6.42 Å². The Bertz CT molecular complexity index is 675. The summed E-state index contributed by atoms with van der Waals surface area (Å²) in [5.74, 6) is -1.41. The lowest BCUT2D eigenvalue weighted by molar-refractivity contribution is -0.158. The van der Waals surface area contributed by atoms with Gasteiger partial charge in [0.15, 0.2) is 0 Å². The SMILES string of the molecule is CCCCCCCCC=CCCCCCCCC(=O)C(CCCCCCCCCCCCCCCC)(CC(O)CO)C(=O)O. The molecule has 260 valence electrons. The highest BCUT2D eigenvalue weighted by Crippen LogP contribution is 2.35. The standard InChI is InChI=1S/C39H74O5/c1-3-5-7-9-11-13-15-17-19-20-22-24-26-28-30-32-37(42)39(38(43)44,34-36(41)35-40)33-31-29-27-25-23-21-18-16-14-12-10-8-6-4-2/h17,19,36,40-41H,3-16,18,20-35H2,1-2H3,(H,43,44). The first-order valence-corrected chi connectivity index (χ1v) is 19.1. The topological polar surface area (TPSA) is 94.8 Å². The third kappa shape index (κ3) is 24.1. The number of rotatable bonds is 35. The fraction of sp³-hybridized carbons (Fsp3) is 0.897. The number of aliphatic hydroxyl groups excluding tert-OH is 2. The van der Waals surface area contributed by atoms with Crippen LogP contribution in [0.3, 0.4) is 0 Å². The molecule has 0 aromatic carbocycles. The maximum absolute atomic E-state index is 13.3. The molecule has 0 aliphatic carbocycles. The first kappa shape index (κ1) is 42.8. The Hall–Kier alpha value is -1.20. The fourth-order valence-corrected chi connectivity index (χ4v) is 6.35. The van der Waals surface area contributed by atoms with Crippen LogP contribution in [-0.4, -0.2) is 39.8 Å². The summed E-state index contributed by atoms with van der Waals surface area (Å²) in [7, 11) is 0. The molecule has 0 radical (unpaired) electrons. The molecule has 0 fully saturated rings. The molecule has 0 spiro atoms. The van der Waals surface area contributed by atoms with Crippen molar-refractivity contribution in [3.05, 3.63) is 12.2 Å². The summed E-state index contributed by atoms with van der Waals surface area (Å²) in [5.41, 5.74) is -1.58. The Balaban J connectivity index is 4.22. The molecule has 44 heavy (non-hydrogen) atoms. The summed E-state index contributed by atoms with van der Waals surface area (Å²) in [6, 6.07) is 0. The molecule has 0 aromatic rings. The van der Waals surface area contributed by atoms with Gasteiger partial charge < -0.3 is 15.3 Å². The Morgan fingerprint density at radius 3 is 1.32 bits per heavy atom. The molecule has 3 N–H and O–H groups in total. The maximum Gasteiger partial charge on any atom is 0.317 e. The van der Waals surface area contributed by atoms with E-state index in [9.17, 15) is 24.9 Å². The highest BCUT2D eigenvalue weighted by molar-refractivity contribution is 6.03. The van der Waals surface area contributed by atoms with Gasteiger partial charge in [-0.1, -0.05) is 167 Å². The Morgan fingerprint density at radius 1 is 0.568 bits per heavy atom. The van der Waals surface area contributed by atoms with Crippen molar-refractivity contribution >= 4 is 11.8 Å². The summed E-state index contributed by atoms with van der Waals surface area (Å²) >= 11 is 0. The van der Waals surface area contributed by atoms with Gasteiger partial charge in [0.2, 0.25) is 0 Å². The van der Waals surface area contributed by atoms with Crippen LogP contribution in [-0.2, 0) is 9.59 Å². The van der Waals surface area contributed by atoms with Gasteiger partial charge in [0.1, 0.15) is 11.2 Å². The van der Waals surface area contributed by atoms with Gasteiger partial charge in [-0.15, -0.1) is 0 Å². The van der Waals surface area contributed by atoms with E-state index in [-0.39, 0.29) is 25.0 Å². The normalized spacial score (nSPS) is 13.8. The summed E-state index contributed by atoms with van der Waals surface area (Å²) < 4.78 is 0. The lowest BCUT2D eigenvalue weighted by atomic mass is 9.72. The summed E-state index contributed by atoms with van der Waals surface area (Å²) in [4.78, 5) is 25.7. The number of allylic oxidation sites excluding steroid dienone is 2. The smallest absolute Gasteiger partial charge is 0.317 e. The molecule has 0 amide bonds. The zero-order chi connectivity index (χ0) is 32.6. The van der Waals surface area contributed by atoms with Crippen molar-refractivity contribution in [3.8, 4) is 0 Å². The van der Waals surface area contributed by atoms with Gasteiger partial charge >= 0.3 is 5.97 Å². The number of aliphatic hydroxyl groups is 2. The lowest BCUT2D eigenvalue weighted by Gasteiger charge is -2.30. The third-order valence-corrected chi connectivity index (χ3v) is 9.36. The quantitative estimate of drug-likeness (QED) is 0.0371. The van der Waals surface area contributed by atoms with Gasteiger partial charge in [-0.05, 0) is 44.9 Å². The Morgan fingerprint density at radius 2 is 0.932 bits per heavy atom. The van der Waals surface area contributed by atoms with Crippen molar-refractivity contribution in [3.63, 3.8) is 0 Å². The van der Waals surface area contributed by atoms with E-state index in [2.05, 4.69) is 26.0 Å². The second kappa shape index (κ2) is 31.8. The molecule has 0 aromatic heterocycles. The number of carbonyl (C=O) groups excluding carboxylic acids is 1. The van der Waals surface area contributed by atoms with Gasteiger partial charge in [-0.3, -0.25) is 9.59 Å². The zero-order valence-electron chi connectivity index (χ0n) is 29.3. The molecule has 0 heterocycles. The van der Waals surface area contributed by atoms with Crippen molar-refractivity contribution in [2.45, 2.75) is 213 Å². The van der Waals surface area contributed by atoms with Crippen LogP contribution >= 0.6 is 0 Å². The minimum Gasteiger partial charge on any atom is -0.480 e. The van der Waals surface area contributed by atoms with E-state index < -0.39 is 24.1 Å². The Kier molecular flexibility index (Phi) is 30.9. The average molecular weight is 623 g/mol. The number of hydrogen-bond acceptors (Lipinski definition) is 4. The second-order valence-corrected chi connectivity index (χ2v) is 13.5. The molecule has 2 atom stereocenters. The summed E-state index contributed by atoms with van der Waals surface area (Å²) in [6.07, 6.45) is 36.0. The Labute approximate surface area is 273 Å². The fourth-order valence-electron chi connectivity index (χ4n) is 6.35. The first-order chi connectivity index (χ1) is 21.4. The van der Waals surface area contributed by atoms with E-state index in [4.69, 9.17) is 0 Å². The molecule has 5 nitrogen and oxygen atoms in total. The van der Waals surface area contributed by atoms with Crippen LogP contribution in [0.5, 0.6) is 0 Å². The van der Waals surface area contributed by atoms with Gasteiger partial charge in [-0.25, -0.2) is 0 Å². The number of ketones is 1. The van der Waals surface area contributed by atoms with E-state index in [0.717, 1.165) is 51.4 Å². The molecule has 0 saturated heterocycles. The van der Waals surface area contributed by atoms with Crippen molar-refractivity contribution in [1.29, 1.82) is 0 Å². The molecule has 2 unspecified atom stereocenters. The highest BCUT2D eigenvalue weighted by atomic mass is 16.4. The van der Waals surface area contributed by atoms with Crippen LogP contribution in [0.15, 0.2) is 12.2 Å². The minimum absolute atomic E-state index is 0.193. The second-order valence-electron chi connectivity index (χ2n) is 13.5. The number of aliphatic carboxylic acids is 1. The number of Topliss-reactive ketones (excluding diaryl/α,β-unsaturated/α-hetero) is 1. The number of carboxylic acid groups (broad SMARTS) is 1. The number of hydrogen-bond donors (Lipinski definition) is 3. The molecule has 0 rings (SSSR count). The number of unbranched alkanes of at least 4 members (excludes halogenated alkanes) is 24. The summed E-state index contributed by atoms with van der Waals surface area (Å²) in [6.45, 7) is 3.99. The van der Waals surface area contributed by atoms with E-state index >= 15 is 0 Å². The zero-order valence-corrected chi connectivity index (χ0v) is 29.3. The van der Waals surface area contributed by atoms with E-state index in [1.165, 1.54) is 109 Å². The van der Waals surface area contributed by atoms with Gasteiger partial charge in [0.25, 0.3) is 0 Å². The van der Waals surface area contributed by atoms with Gasteiger partial charge in [-0.2, -0.15) is 0 Å². The van der Waals surface area contributed by atoms with Crippen molar-refractivity contribution in [2.75, 3.05) is 6.61 Å². The van der Waals surface area contributed by atoms with E-state index in [1.54, 1.807) is 0 Å². The maximum atomic E-state index is 13.3. The molecule has 5 heteroatoms. The van der Waals surface area contributed by atoms with Crippen molar-refractivity contribution in [2.24, 2.45) is 5.41 Å². The lowest BCUT2D eigenvalue weighted by Crippen LogP contribution is -2.43. The monoisotopic (exact) mass is 623 g/mol.